The first kappa shape index (κ1) is 22.9. The molecule has 0 aromatic carbocycles. The fraction of sp³-hybridized carbons (Fsp3) is 0.944. The molecule has 0 spiro atoms. The van der Waals surface area contributed by atoms with Gasteiger partial charge in [0.25, 0.3) is 0 Å². The summed E-state index contributed by atoms with van der Waals surface area (Å²) >= 11 is 0. The predicted octanol–water partition coefficient (Wildman–Crippen LogP) is 2.37. The van der Waals surface area contributed by atoms with E-state index >= 15 is 0 Å². The van der Waals surface area contributed by atoms with Gasteiger partial charge in [-0.25, -0.2) is 0 Å². The highest BCUT2D eigenvalue weighted by atomic mass is 127. The zero-order valence-corrected chi connectivity index (χ0v) is 18.2. The maximum Gasteiger partial charge on any atom is 0.193 e. The van der Waals surface area contributed by atoms with Crippen molar-refractivity contribution in [2.75, 3.05) is 66.8 Å². The minimum absolute atomic E-state index is 0. The van der Waals surface area contributed by atoms with Gasteiger partial charge in [-0.2, -0.15) is 0 Å². The Labute approximate surface area is 170 Å². The molecule has 1 aliphatic carbocycles. The maximum absolute atomic E-state index is 5.79. The maximum atomic E-state index is 5.79. The Bertz CT molecular complexity index is 361. The highest BCUT2D eigenvalue weighted by Gasteiger charge is 2.21. The van der Waals surface area contributed by atoms with Crippen molar-refractivity contribution in [1.29, 1.82) is 0 Å². The smallest absolute Gasteiger partial charge is 0.193 e. The van der Waals surface area contributed by atoms with Crippen molar-refractivity contribution in [2.45, 2.75) is 32.1 Å². The fourth-order valence-corrected chi connectivity index (χ4v) is 2.76. The molecule has 148 valence electrons. The van der Waals surface area contributed by atoms with Crippen LogP contribution < -0.4 is 5.32 Å². The van der Waals surface area contributed by atoms with Gasteiger partial charge in [-0.15, -0.1) is 24.0 Å². The summed E-state index contributed by atoms with van der Waals surface area (Å²) in [6.07, 6.45) is 5.95. The highest BCUT2D eigenvalue weighted by molar-refractivity contribution is 14.0. The summed E-state index contributed by atoms with van der Waals surface area (Å²) in [6, 6.07) is 0. The number of hydrogen-bond acceptors (Lipinski definition) is 4. The SMILES string of the molecule is CN=C(NCCCOCC1CCOCC1)N(C)CCOCC1CC1.I. The summed E-state index contributed by atoms with van der Waals surface area (Å²) in [6.45, 7) is 6.89. The number of guanidine groups is 1. The topological polar surface area (TPSA) is 55.3 Å². The first-order chi connectivity index (χ1) is 11.8. The van der Waals surface area contributed by atoms with Crippen molar-refractivity contribution in [2.24, 2.45) is 16.8 Å². The lowest BCUT2D eigenvalue weighted by Gasteiger charge is -2.23. The lowest BCUT2D eigenvalue weighted by atomic mass is 10.0. The molecule has 1 aliphatic heterocycles. The van der Waals surface area contributed by atoms with Crippen LogP contribution in [-0.4, -0.2) is 77.7 Å². The third-order valence-electron chi connectivity index (χ3n) is 4.64. The fourth-order valence-electron chi connectivity index (χ4n) is 2.76. The molecule has 0 unspecified atom stereocenters. The van der Waals surface area contributed by atoms with Gasteiger partial charge in [0.15, 0.2) is 5.96 Å². The first-order valence-corrected chi connectivity index (χ1v) is 9.44. The lowest BCUT2D eigenvalue weighted by Crippen LogP contribution is -2.41. The van der Waals surface area contributed by atoms with Crippen molar-refractivity contribution >= 4 is 29.9 Å². The van der Waals surface area contributed by atoms with E-state index in [4.69, 9.17) is 14.2 Å². The average Bonchev–Trinajstić information content (AvgIpc) is 3.43. The van der Waals surface area contributed by atoms with Crippen LogP contribution in [0.3, 0.4) is 0 Å². The van der Waals surface area contributed by atoms with Crippen molar-refractivity contribution in [3.05, 3.63) is 0 Å². The molecular formula is C18H36IN3O3. The number of halogens is 1. The van der Waals surface area contributed by atoms with Gasteiger partial charge in [-0.1, -0.05) is 0 Å². The number of nitrogens with one attached hydrogen (secondary N) is 1. The molecular weight excluding hydrogens is 433 g/mol. The van der Waals surface area contributed by atoms with Gasteiger partial charge in [0.2, 0.25) is 0 Å². The minimum Gasteiger partial charge on any atom is -0.381 e. The Morgan fingerprint density at radius 3 is 2.36 bits per heavy atom. The van der Waals surface area contributed by atoms with Gasteiger partial charge in [0.1, 0.15) is 0 Å². The molecule has 25 heavy (non-hydrogen) atoms. The van der Waals surface area contributed by atoms with Crippen LogP contribution in [0.15, 0.2) is 4.99 Å². The molecule has 0 radical (unpaired) electrons. The number of aliphatic imine (C=N–C) groups is 1. The summed E-state index contributed by atoms with van der Waals surface area (Å²) < 4.78 is 16.8. The second-order valence-corrected chi connectivity index (χ2v) is 6.90. The molecule has 1 saturated carbocycles. The van der Waals surface area contributed by atoms with E-state index in [1.165, 1.54) is 12.8 Å². The first-order valence-electron chi connectivity index (χ1n) is 9.44. The molecule has 1 heterocycles. The number of nitrogens with zero attached hydrogens (tertiary/aromatic N) is 2. The molecule has 2 aliphatic rings. The Hall–Kier alpha value is -0.120. The summed E-state index contributed by atoms with van der Waals surface area (Å²) in [4.78, 5) is 6.45. The van der Waals surface area contributed by atoms with Crippen LogP contribution in [0.2, 0.25) is 0 Å². The van der Waals surface area contributed by atoms with Crippen molar-refractivity contribution in [1.82, 2.24) is 10.2 Å². The Morgan fingerprint density at radius 2 is 1.72 bits per heavy atom. The molecule has 6 nitrogen and oxygen atoms in total. The van der Waals surface area contributed by atoms with Gasteiger partial charge in [0.05, 0.1) is 6.61 Å². The van der Waals surface area contributed by atoms with E-state index in [0.717, 1.165) is 83.9 Å². The average molecular weight is 469 g/mol. The largest absolute Gasteiger partial charge is 0.381 e. The second kappa shape index (κ2) is 14.0. The highest BCUT2D eigenvalue weighted by Crippen LogP contribution is 2.28. The Balaban J connectivity index is 0.00000312. The zero-order valence-electron chi connectivity index (χ0n) is 15.9. The van der Waals surface area contributed by atoms with Crippen LogP contribution in [0.4, 0.5) is 0 Å². The Morgan fingerprint density at radius 1 is 1.08 bits per heavy atom. The monoisotopic (exact) mass is 469 g/mol. The van der Waals surface area contributed by atoms with Crippen LogP contribution in [0, 0.1) is 11.8 Å². The van der Waals surface area contributed by atoms with E-state index in [9.17, 15) is 0 Å². The Kier molecular flexibility index (Phi) is 12.8. The van der Waals surface area contributed by atoms with Gasteiger partial charge in [0, 0.05) is 60.2 Å². The number of ether oxygens (including phenoxy) is 3. The van der Waals surface area contributed by atoms with E-state index in [1.807, 2.05) is 7.05 Å². The summed E-state index contributed by atoms with van der Waals surface area (Å²) in [5, 5.41) is 3.39. The van der Waals surface area contributed by atoms with Crippen molar-refractivity contribution in [3.63, 3.8) is 0 Å². The minimum atomic E-state index is 0. The van der Waals surface area contributed by atoms with E-state index in [2.05, 4.69) is 22.3 Å². The predicted molar refractivity (Wildman–Crippen MR) is 112 cm³/mol. The van der Waals surface area contributed by atoms with E-state index in [1.54, 1.807) is 0 Å². The van der Waals surface area contributed by atoms with E-state index in [-0.39, 0.29) is 24.0 Å². The molecule has 1 saturated heterocycles. The van der Waals surface area contributed by atoms with E-state index < -0.39 is 0 Å². The molecule has 0 atom stereocenters. The third-order valence-corrected chi connectivity index (χ3v) is 4.64. The summed E-state index contributed by atoms with van der Waals surface area (Å²) in [7, 11) is 3.88. The van der Waals surface area contributed by atoms with E-state index in [0.29, 0.717) is 5.92 Å². The van der Waals surface area contributed by atoms with Gasteiger partial charge in [-0.05, 0) is 43.9 Å². The molecule has 0 aromatic heterocycles. The molecule has 2 fully saturated rings. The third kappa shape index (κ3) is 10.6. The lowest BCUT2D eigenvalue weighted by molar-refractivity contribution is 0.0203. The number of rotatable bonds is 11. The molecule has 0 amide bonds. The number of likely N-dealkylation sites (N-methyl/N-ethyl adjacent to an activating group) is 1. The van der Waals surface area contributed by atoms with Crippen LogP contribution >= 0.6 is 24.0 Å². The van der Waals surface area contributed by atoms with Crippen molar-refractivity contribution in [3.8, 4) is 0 Å². The quantitative estimate of drug-likeness (QED) is 0.218. The molecule has 1 N–H and O–H groups in total. The summed E-state index contributed by atoms with van der Waals surface area (Å²) in [5.74, 6) is 2.43. The molecule has 7 heteroatoms. The van der Waals surface area contributed by atoms with Gasteiger partial charge < -0.3 is 24.4 Å². The summed E-state index contributed by atoms with van der Waals surface area (Å²) in [5.41, 5.74) is 0. The standard InChI is InChI=1S/C18H35N3O3.HI/c1-19-18(21(2)9-13-24-14-16-4-5-16)20-8-3-10-23-15-17-6-11-22-12-7-17;/h16-17H,3-15H2,1-2H3,(H,19,20);1H. The van der Waals surface area contributed by atoms with Gasteiger partial charge >= 0.3 is 0 Å². The van der Waals surface area contributed by atoms with Crippen LogP contribution in [0.25, 0.3) is 0 Å². The molecule has 0 aromatic rings. The second-order valence-electron chi connectivity index (χ2n) is 6.90. The molecule has 0 bridgehead atoms. The molecule has 2 rings (SSSR count). The van der Waals surface area contributed by atoms with Crippen LogP contribution in [-0.2, 0) is 14.2 Å². The van der Waals surface area contributed by atoms with Gasteiger partial charge in [-0.3, -0.25) is 4.99 Å². The van der Waals surface area contributed by atoms with Crippen LogP contribution in [0.5, 0.6) is 0 Å². The number of hydrogen-bond donors (Lipinski definition) is 1. The van der Waals surface area contributed by atoms with Crippen LogP contribution in [0.1, 0.15) is 32.1 Å². The normalized spacial score (nSPS) is 18.7. The zero-order chi connectivity index (χ0) is 17.0. The van der Waals surface area contributed by atoms with Crippen molar-refractivity contribution < 1.29 is 14.2 Å².